The van der Waals surface area contributed by atoms with Crippen LogP contribution in [0.3, 0.4) is 0 Å². The smallest absolute Gasteiger partial charge is 0.254 e. The minimum Gasteiger partial charge on any atom is -0.392 e. The molecule has 1 atom stereocenters. The van der Waals surface area contributed by atoms with Gasteiger partial charge in [-0.2, -0.15) is 0 Å². The Kier molecular flexibility index (Phi) is 4.73. The van der Waals surface area contributed by atoms with Crippen LogP contribution in [0.5, 0.6) is 0 Å². The fourth-order valence-electron chi connectivity index (χ4n) is 1.50. The third-order valence-corrected chi connectivity index (χ3v) is 3.74. The van der Waals surface area contributed by atoms with E-state index in [4.69, 9.17) is 0 Å². The predicted octanol–water partition coefficient (Wildman–Crippen LogP) is 2.05. The molecule has 0 heterocycles. The number of halogens is 1. The molecule has 88 valence electrons. The molecule has 3 nitrogen and oxygen atoms in total. The van der Waals surface area contributed by atoms with Crippen LogP contribution in [0.2, 0.25) is 0 Å². The van der Waals surface area contributed by atoms with E-state index in [-0.39, 0.29) is 5.91 Å². The first-order valence-electron chi connectivity index (χ1n) is 5.12. The van der Waals surface area contributed by atoms with Crippen LogP contribution >= 0.6 is 22.6 Å². The number of hydrogen-bond acceptors (Lipinski definition) is 2. The normalized spacial score (nSPS) is 12.3. The number of aliphatic hydroxyl groups is 1. The Morgan fingerprint density at radius 2 is 2.19 bits per heavy atom. The molecule has 0 spiro atoms. The fraction of sp³-hybridized carbons (Fsp3) is 0.417. The highest BCUT2D eigenvalue weighted by Crippen LogP contribution is 2.18. The van der Waals surface area contributed by atoms with Crippen molar-refractivity contribution >= 4 is 28.5 Å². The lowest BCUT2D eigenvalue weighted by Crippen LogP contribution is -2.33. The second-order valence-corrected chi connectivity index (χ2v) is 5.05. The number of amides is 1. The van der Waals surface area contributed by atoms with Gasteiger partial charge in [0.05, 0.1) is 11.7 Å². The van der Waals surface area contributed by atoms with Gasteiger partial charge in [0.25, 0.3) is 5.91 Å². The van der Waals surface area contributed by atoms with Crippen LogP contribution in [-0.4, -0.2) is 35.6 Å². The van der Waals surface area contributed by atoms with Crippen LogP contribution in [0.4, 0.5) is 0 Å². The van der Waals surface area contributed by atoms with Gasteiger partial charge in [-0.05, 0) is 48.1 Å². The van der Waals surface area contributed by atoms with E-state index in [9.17, 15) is 9.90 Å². The number of aryl methyl sites for hydroxylation is 1. The molecule has 0 aromatic heterocycles. The molecule has 0 saturated carbocycles. The zero-order valence-corrected chi connectivity index (χ0v) is 11.9. The lowest BCUT2D eigenvalue weighted by Gasteiger charge is -2.19. The van der Waals surface area contributed by atoms with Crippen LogP contribution in [0.25, 0.3) is 0 Å². The van der Waals surface area contributed by atoms with E-state index in [1.165, 1.54) is 0 Å². The van der Waals surface area contributed by atoms with Crippen molar-refractivity contribution in [2.45, 2.75) is 20.0 Å². The maximum absolute atomic E-state index is 12.1. The lowest BCUT2D eigenvalue weighted by atomic mass is 10.1. The van der Waals surface area contributed by atoms with E-state index >= 15 is 0 Å². The Bertz CT molecular complexity index is 391. The minimum absolute atomic E-state index is 0.0472. The second kappa shape index (κ2) is 5.63. The van der Waals surface area contributed by atoms with Crippen molar-refractivity contribution in [1.29, 1.82) is 0 Å². The van der Waals surface area contributed by atoms with Crippen molar-refractivity contribution in [2.75, 3.05) is 13.6 Å². The molecule has 1 amide bonds. The van der Waals surface area contributed by atoms with Crippen molar-refractivity contribution in [3.8, 4) is 0 Å². The maximum atomic E-state index is 12.1. The van der Waals surface area contributed by atoms with Crippen molar-refractivity contribution in [3.05, 3.63) is 32.9 Å². The molecule has 0 radical (unpaired) electrons. The largest absolute Gasteiger partial charge is 0.392 e. The molecule has 0 aliphatic rings. The summed E-state index contributed by atoms with van der Waals surface area (Å²) in [7, 11) is 1.70. The molecule has 0 bridgehead atoms. The van der Waals surface area contributed by atoms with Crippen LogP contribution < -0.4 is 0 Å². The van der Waals surface area contributed by atoms with Crippen molar-refractivity contribution < 1.29 is 9.90 Å². The molecule has 0 saturated heterocycles. The van der Waals surface area contributed by atoms with Gasteiger partial charge in [-0.15, -0.1) is 0 Å². The van der Waals surface area contributed by atoms with Gasteiger partial charge in [-0.1, -0.05) is 12.1 Å². The van der Waals surface area contributed by atoms with Crippen LogP contribution in [0, 0.1) is 10.5 Å². The number of carbonyl (C=O) groups excluding carboxylic acids is 1. The zero-order valence-electron chi connectivity index (χ0n) is 9.70. The molecule has 0 aliphatic heterocycles. The molecule has 0 fully saturated rings. The van der Waals surface area contributed by atoms with Gasteiger partial charge >= 0.3 is 0 Å². The van der Waals surface area contributed by atoms with E-state index < -0.39 is 6.10 Å². The van der Waals surface area contributed by atoms with Gasteiger partial charge in [0.2, 0.25) is 0 Å². The zero-order chi connectivity index (χ0) is 12.3. The summed E-state index contributed by atoms with van der Waals surface area (Å²) in [6, 6.07) is 5.67. The quantitative estimate of drug-likeness (QED) is 0.860. The fourth-order valence-corrected chi connectivity index (χ4v) is 2.09. The monoisotopic (exact) mass is 333 g/mol. The highest BCUT2D eigenvalue weighted by molar-refractivity contribution is 14.1. The number of likely N-dealkylation sites (N-methyl/N-ethyl adjacent to an activating group) is 1. The number of hydrogen-bond donors (Lipinski definition) is 1. The first-order chi connectivity index (χ1) is 7.43. The van der Waals surface area contributed by atoms with Crippen LogP contribution in [-0.2, 0) is 0 Å². The summed E-state index contributed by atoms with van der Waals surface area (Å²) in [6.07, 6.45) is -0.503. The number of carbonyl (C=O) groups is 1. The molecule has 1 N–H and O–H groups in total. The van der Waals surface area contributed by atoms with E-state index in [0.717, 1.165) is 9.13 Å². The molecule has 0 aliphatic carbocycles. The van der Waals surface area contributed by atoms with Crippen molar-refractivity contribution in [2.24, 2.45) is 0 Å². The maximum Gasteiger partial charge on any atom is 0.254 e. The number of nitrogens with zero attached hydrogens (tertiary/aromatic N) is 1. The molecule has 1 aromatic carbocycles. The third-order valence-electron chi connectivity index (χ3n) is 2.31. The summed E-state index contributed by atoms with van der Waals surface area (Å²) in [6.45, 7) is 4.00. The predicted molar refractivity (Wildman–Crippen MR) is 72.5 cm³/mol. The Balaban J connectivity index is 2.92. The molecule has 1 aromatic rings. The van der Waals surface area contributed by atoms with E-state index in [2.05, 4.69) is 22.6 Å². The average Bonchev–Trinajstić information content (AvgIpc) is 2.20. The second-order valence-electron chi connectivity index (χ2n) is 3.97. The highest BCUT2D eigenvalue weighted by Gasteiger charge is 2.16. The standard InChI is InChI=1S/C12H16INO2/c1-8-5-4-6-10(11(8)13)12(16)14(3)7-9(2)15/h4-6,9,15H,7H2,1-3H3. The summed E-state index contributed by atoms with van der Waals surface area (Å²) in [5.74, 6) is -0.0472. The molecular formula is C12H16INO2. The first kappa shape index (κ1) is 13.4. The summed E-state index contributed by atoms with van der Waals surface area (Å²) in [4.78, 5) is 13.6. The van der Waals surface area contributed by atoms with Gasteiger partial charge < -0.3 is 10.0 Å². The minimum atomic E-state index is -0.503. The number of rotatable bonds is 3. The lowest BCUT2D eigenvalue weighted by molar-refractivity contribution is 0.0702. The Morgan fingerprint density at radius 1 is 1.56 bits per heavy atom. The Hall–Kier alpha value is -0.620. The van der Waals surface area contributed by atoms with Crippen molar-refractivity contribution in [3.63, 3.8) is 0 Å². The molecule has 4 heteroatoms. The van der Waals surface area contributed by atoms with Crippen molar-refractivity contribution in [1.82, 2.24) is 4.90 Å². The number of benzene rings is 1. The van der Waals surface area contributed by atoms with E-state index in [1.54, 1.807) is 18.9 Å². The van der Waals surface area contributed by atoms with Gasteiger partial charge in [0.15, 0.2) is 0 Å². The first-order valence-corrected chi connectivity index (χ1v) is 6.20. The molecule has 16 heavy (non-hydrogen) atoms. The van der Waals surface area contributed by atoms with Gasteiger partial charge in [-0.3, -0.25) is 4.79 Å². The van der Waals surface area contributed by atoms with E-state index in [1.807, 2.05) is 25.1 Å². The molecular weight excluding hydrogens is 317 g/mol. The highest BCUT2D eigenvalue weighted by atomic mass is 127. The summed E-state index contributed by atoms with van der Waals surface area (Å²) < 4.78 is 0.975. The number of aliphatic hydroxyl groups excluding tert-OH is 1. The third kappa shape index (κ3) is 3.18. The SMILES string of the molecule is Cc1cccc(C(=O)N(C)CC(C)O)c1I. The summed E-state index contributed by atoms with van der Waals surface area (Å²) in [5.41, 5.74) is 1.79. The van der Waals surface area contributed by atoms with Gasteiger partial charge in [-0.25, -0.2) is 0 Å². The Morgan fingerprint density at radius 3 is 2.75 bits per heavy atom. The average molecular weight is 333 g/mol. The summed E-state index contributed by atoms with van der Waals surface area (Å²) in [5, 5.41) is 9.25. The van der Waals surface area contributed by atoms with Crippen LogP contribution in [0.15, 0.2) is 18.2 Å². The summed E-state index contributed by atoms with van der Waals surface area (Å²) >= 11 is 2.18. The van der Waals surface area contributed by atoms with Crippen LogP contribution in [0.1, 0.15) is 22.8 Å². The molecule has 1 rings (SSSR count). The molecule has 1 unspecified atom stereocenters. The van der Waals surface area contributed by atoms with Gasteiger partial charge in [0.1, 0.15) is 0 Å². The Labute approximate surface area is 110 Å². The topological polar surface area (TPSA) is 40.5 Å². The van der Waals surface area contributed by atoms with Gasteiger partial charge in [0, 0.05) is 17.2 Å². The van der Waals surface area contributed by atoms with E-state index in [0.29, 0.717) is 12.1 Å².